The topological polar surface area (TPSA) is 82.0 Å². The Balaban J connectivity index is 1.72. The number of hydrogen-bond acceptors (Lipinski definition) is 5. The second-order valence-electron chi connectivity index (χ2n) is 5.83. The number of thiophene rings is 1. The summed E-state index contributed by atoms with van der Waals surface area (Å²) in [6.45, 7) is 1.92. The van der Waals surface area contributed by atoms with Crippen molar-refractivity contribution in [3.05, 3.63) is 62.8 Å². The first-order valence-corrected chi connectivity index (χ1v) is 9.91. The van der Waals surface area contributed by atoms with E-state index in [1.54, 1.807) is 0 Å². The van der Waals surface area contributed by atoms with E-state index in [0.717, 1.165) is 16.1 Å². The molecule has 0 radical (unpaired) electrons. The molecule has 0 aliphatic carbocycles. The van der Waals surface area contributed by atoms with E-state index in [4.69, 9.17) is 0 Å². The lowest BCUT2D eigenvalue weighted by atomic mass is 9.93. The van der Waals surface area contributed by atoms with Crippen molar-refractivity contribution in [3.8, 4) is 6.07 Å². The minimum Gasteiger partial charge on any atom is -0.325 e. The quantitative estimate of drug-likeness (QED) is 0.823. The molecule has 1 aromatic heterocycles. The van der Waals surface area contributed by atoms with Gasteiger partial charge in [0.15, 0.2) is 0 Å². The van der Waals surface area contributed by atoms with Crippen LogP contribution in [-0.4, -0.2) is 17.6 Å². The Morgan fingerprint density at radius 3 is 2.88 bits per heavy atom. The maximum Gasteiger partial charge on any atom is 0.234 e. The molecule has 1 aromatic carbocycles. The fourth-order valence-electron chi connectivity index (χ4n) is 2.70. The Labute approximate surface area is 160 Å². The molecule has 2 heterocycles. The van der Waals surface area contributed by atoms with Crippen molar-refractivity contribution >= 4 is 40.6 Å². The van der Waals surface area contributed by atoms with Gasteiger partial charge in [-0.1, -0.05) is 36.0 Å². The number of aryl methyl sites for hydroxylation is 1. The summed E-state index contributed by atoms with van der Waals surface area (Å²) in [5.41, 5.74) is 2.25. The Morgan fingerprint density at radius 2 is 2.19 bits per heavy atom. The van der Waals surface area contributed by atoms with Gasteiger partial charge < -0.3 is 10.6 Å². The molecule has 2 N–H and O–H groups in total. The second-order valence-corrected chi connectivity index (χ2v) is 7.79. The van der Waals surface area contributed by atoms with Gasteiger partial charge in [0, 0.05) is 22.9 Å². The predicted molar refractivity (Wildman–Crippen MR) is 105 cm³/mol. The zero-order valence-electron chi connectivity index (χ0n) is 14.1. The summed E-state index contributed by atoms with van der Waals surface area (Å²) in [7, 11) is 0. The number of benzene rings is 1. The zero-order chi connectivity index (χ0) is 18.5. The van der Waals surface area contributed by atoms with Crippen LogP contribution in [0.4, 0.5) is 5.69 Å². The maximum atomic E-state index is 12.2. The maximum absolute atomic E-state index is 12.2. The lowest BCUT2D eigenvalue weighted by Gasteiger charge is -2.23. The Kier molecular flexibility index (Phi) is 5.76. The summed E-state index contributed by atoms with van der Waals surface area (Å²) in [6.07, 6.45) is 0.253. The molecule has 26 heavy (non-hydrogen) atoms. The molecule has 0 fully saturated rings. The van der Waals surface area contributed by atoms with Gasteiger partial charge in [-0.2, -0.15) is 5.26 Å². The molecule has 2 amide bonds. The summed E-state index contributed by atoms with van der Waals surface area (Å²) < 4.78 is 0. The molecule has 1 atom stereocenters. The standard InChI is InChI=1S/C19H17N3O2S2/c1-12-5-2-3-6-15(12)21-18(24)11-26-19-14(10-20)13(9-17(23)22-19)16-7-4-8-25-16/h2-8,13H,9,11H2,1H3,(H,21,24)(H,22,23)/t13-/m1/s1. The van der Waals surface area contributed by atoms with Gasteiger partial charge in [0.25, 0.3) is 0 Å². The number of anilines is 1. The van der Waals surface area contributed by atoms with Crippen molar-refractivity contribution in [2.24, 2.45) is 0 Å². The van der Waals surface area contributed by atoms with Crippen molar-refractivity contribution in [2.45, 2.75) is 19.3 Å². The van der Waals surface area contributed by atoms with Gasteiger partial charge in [-0.25, -0.2) is 0 Å². The van der Waals surface area contributed by atoms with Crippen LogP contribution in [0.1, 0.15) is 22.8 Å². The highest BCUT2D eigenvalue weighted by molar-refractivity contribution is 8.03. The van der Waals surface area contributed by atoms with E-state index < -0.39 is 0 Å². The molecule has 5 nitrogen and oxygen atoms in total. The van der Waals surface area contributed by atoms with Crippen LogP contribution in [0, 0.1) is 18.3 Å². The van der Waals surface area contributed by atoms with Crippen molar-refractivity contribution < 1.29 is 9.59 Å². The van der Waals surface area contributed by atoms with Gasteiger partial charge >= 0.3 is 0 Å². The van der Waals surface area contributed by atoms with Crippen LogP contribution in [0.25, 0.3) is 0 Å². The normalized spacial score (nSPS) is 16.8. The number of carbonyl (C=O) groups excluding carboxylic acids is 2. The van der Waals surface area contributed by atoms with E-state index in [-0.39, 0.29) is 29.9 Å². The Bertz CT molecular complexity index is 898. The van der Waals surface area contributed by atoms with E-state index in [9.17, 15) is 14.9 Å². The molecule has 0 saturated heterocycles. The van der Waals surface area contributed by atoms with Crippen LogP contribution in [-0.2, 0) is 9.59 Å². The summed E-state index contributed by atoms with van der Waals surface area (Å²) in [6, 6.07) is 13.6. The fraction of sp³-hybridized carbons (Fsp3) is 0.211. The van der Waals surface area contributed by atoms with Crippen LogP contribution in [0.3, 0.4) is 0 Å². The van der Waals surface area contributed by atoms with Crippen LogP contribution in [0.5, 0.6) is 0 Å². The number of thioether (sulfide) groups is 1. The predicted octanol–water partition coefficient (Wildman–Crippen LogP) is 3.77. The molecule has 0 spiro atoms. The van der Waals surface area contributed by atoms with Crippen LogP contribution >= 0.6 is 23.1 Å². The second kappa shape index (κ2) is 8.21. The van der Waals surface area contributed by atoms with Crippen LogP contribution in [0.15, 0.2) is 52.4 Å². The molecule has 7 heteroatoms. The van der Waals surface area contributed by atoms with Gasteiger partial charge in [-0.15, -0.1) is 11.3 Å². The first-order chi connectivity index (χ1) is 12.6. The zero-order valence-corrected chi connectivity index (χ0v) is 15.7. The van der Waals surface area contributed by atoms with Crippen molar-refractivity contribution in [3.63, 3.8) is 0 Å². The van der Waals surface area contributed by atoms with E-state index >= 15 is 0 Å². The number of carbonyl (C=O) groups is 2. The fourth-order valence-corrected chi connectivity index (χ4v) is 4.42. The molecule has 132 valence electrons. The van der Waals surface area contributed by atoms with Crippen molar-refractivity contribution in [1.29, 1.82) is 5.26 Å². The third-order valence-electron chi connectivity index (χ3n) is 4.01. The lowest BCUT2D eigenvalue weighted by molar-refractivity contribution is -0.121. The number of rotatable bonds is 5. The molecular formula is C19H17N3O2S2. The van der Waals surface area contributed by atoms with Gasteiger partial charge in [-0.05, 0) is 30.0 Å². The van der Waals surface area contributed by atoms with Gasteiger partial charge in [0.05, 0.1) is 22.4 Å². The van der Waals surface area contributed by atoms with Crippen molar-refractivity contribution in [2.75, 3.05) is 11.1 Å². The Hall–Kier alpha value is -2.56. The minimum absolute atomic E-state index is 0.117. The first kappa shape index (κ1) is 18.2. The number of nitrogens with zero attached hydrogens (tertiary/aromatic N) is 1. The molecule has 0 bridgehead atoms. The first-order valence-electron chi connectivity index (χ1n) is 8.04. The summed E-state index contributed by atoms with van der Waals surface area (Å²) >= 11 is 2.71. The molecule has 0 unspecified atom stereocenters. The summed E-state index contributed by atoms with van der Waals surface area (Å²) in [5.74, 6) is -0.437. The average Bonchev–Trinajstić information content (AvgIpc) is 3.16. The van der Waals surface area contributed by atoms with Crippen LogP contribution < -0.4 is 10.6 Å². The molecule has 2 aromatic rings. The highest BCUT2D eigenvalue weighted by Crippen LogP contribution is 2.37. The third-order valence-corrected chi connectivity index (χ3v) is 6.01. The number of nitriles is 1. The van der Waals surface area contributed by atoms with E-state index in [0.29, 0.717) is 10.6 Å². The average molecular weight is 383 g/mol. The smallest absolute Gasteiger partial charge is 0.234 e. The molecule has 0 saturated carbocycles. The number of allylic oxidation sites excluding steroid dienone is 1. The summed E-state index contributed by atoms with van der Waals surface area (Å²) in [4.78, 5) is 25.3. The summed E-state index contributed by atoms with van der Waals surface area (Å²) in [5, 5.41) is 17.6. The minimum atomic E-state index is -0.240. The highest BCUT2D eigenvalue weighted by Gasteiger charge is 2.30. The lowest BCUT2D eigenvalue weighted by Crippen LogP contribution is -2.31. The van der Waals surface area contributed by atoms with Gasteiger partial charge in [0.2, 0.25) is 11.8 Å². The van der Waals surface area contributed by atoms with Gasteiger partial charge in [0.1, 0.15) is 0 Å². The van der Waals surface area contributed by atoms with Gasteiger partial charge in [-0.3, -0.25) is 9.59 Å². The number of amides is 2. The van der Waals surface area contributed by atoms with Crippen molar-refractivity contribution in [1.82, 2.24) is 5.32 Å². The van der Waals surface area contributed by atoms with E-state index in [1.165, 1.54) is 23.1 Å². The molecular weight excluding hydrogens is 366 g/mol. The van der Waals surface area contributed by atoms with Crippen LogP contribution in [0.2, 0.25) is 0 Å². The van der Waals surface area contributed by atoms with E-state index in [2.05, 4.69) is 16.7 Å². The highest BCUT2D eigenvalue weighted by atomic mass is 32.2. The number of nitrogens with one attached hydrogen (secondary N) is 2. The monoisotopic (exact) mass is 383 g/mol. The Morgan fingerprint density at radius 1 is 1.38 bits per heavy atom. The van der Waals surface area contributed by atoms with E-state index in [1.807, 2.05) is 48.7 Å². The largest absolute Gasteiger partial charge is 0.325 e. The SMILES string of the molecule is Cc1ccccc1NC(=O)CSC1=C(C#N)[C@H](c2cccs2)CC(=O)N1. The number of para-hydroxylation sites is 1. The molecule has 3 rings (SSSR count). The number of hydrogen-bond donors (Lipinski definition) is 2. The molecule has 1 aliphatic heterocycles. The third kappa shape index (κ3) is 4.15. The molecule has 1 aliphatic rings.